The third kappa shape index (κ3) is 3.59. The maximum Gasteiger partial charge on any atom is 0.175 e. The summed E-state index contributed by atoms with van der Waals surface area (Å²) in [5.74, 6) is -0.950. The zero-order valence-electron chi connectivity index (χ0n) is 11.0. The first-order chi connectivity index (χ1) is 8.60. The van der Waals surface area contributed by atoms with E-state index < -0.39 is 27.7 Å². The highest BCUT2D eigenvalue weighted by Gasteiger charge is 2.33. The van der Waals surface area contributed by atoms with Crippen molar-refractivity contribution < 1.29 is 22.0 Å². The average molecular weight is 290 g/mol. The molecule has 19 heavy (non-hydrogen) atoms. The van der Waals surface area contributed by atoms with Gasteiger partial charge in [-0.3, -0.25) is 9.18 Å². The second-order valence-corrected chi connectivity index (χ2v) is 6.97. The van der Waals surface area contributed by atoms with Crippen LogP contribution >= 0.6 is 0 Å². The van der Waals surface area contributed by atoms with E-state index in [9.17, 15) is 22.0 Å². The summed E-state index contributed by atoms with van der Waals surface area (Å²) in [4.78, 5) is 11.1. The molecule has 0 spiro atoms. The Hall–Kier alpha value is -1.30. The van der Waals surface area contributed by atoms with Crippen LogP contribution in [0, 0.1) is 5.82 Å². The summed E-state index contributed by atoms with van der Waals surface area (Å²) in [5.41, 5.74) is -1.33. The van der Waals surface area contributed by atoms with Crippen LogP contribution in [-0.4, -0.2) is 27.1 Å². The molecule has 0 N–H and O–H groups in total. The highest BCUT2D eigenvalue weighted by atomic mass is 32.2. The van der Waals surface area contributed by atoms with Crippen LogP contribution in [0.2, 0.25) is 0 Å². The van der Waals surface area contributed by atoms with E-state index in [0.29, 0.717) is 0 Å². The number of hydrogen-bond donors (Lipinski definition) is 0. The summed E-state index contributed by atoms with van der Waals surface area (Å²) in [6.07, 6.45) is 0.783. The first kappa shape index (κ1) is 15.8. The molecule has 1 unspecified atom stereocenters. The van der Waals surface area contributed by atoms with Gasteiger partial charge in [-0.25, -0.2) is 12.8 Å². The zero-order chi connectivity index (χ0) is 14.8. The topological polar surface area (TPSA) is 51.2 Å². The van der Waals surface area contributed by atoms with Crippen molar-refractivity contribution in [1.29, 1.82) is 0 Å². The summed E-state index contributed by atoms with van der Waals surface area (Å²) in [7, 11) is -3.62. The van der Waals surface area contributed by atoms with Gasteiger partial charge in [-0.1, -0.05) is 6.92 Å². The summed E-state index contributed by atoms with van der Waals surface area (Å²) in [6.45, 7) is 1.75. The van der Waals surface area contributed by atoms with Crippen LogP contribution in [-0.2, 0) is 20.0 Å². The fraction of sp³-hybridized carbons (Fsp3) is 0.462. The molecule has 1 atom stereocenters. The van der Waals surface area contributed by atoms with Gasteiger partial charge < -0.3 is 0 Å². The second-order valence-electron chi connectivity index (χ2n) is 4.99. The maximum atomic E-state index is 13.3. The molecule has 0 aromatic heterocycles. The Bertz CT molecular complexity index is 596. The Labute approximate surface area is 111 Å². The van der Waals surface area contributed by atoms with Gasteiger partial charge in [0.25, 0.3) is 0 Å². The minimum absolute atomic E-state index is 0.00713. The minimum Gasteiger partial charge on any atom is -0.300 e. The van der Waals surface area contributed by atoms with Gasteiger partial charge >= 0.3 is 0 Å². The molecule has 0 amide bonds. The van der Waals surface area contributed by atoms with E-state index in [1.165, 1.54) is 13.8 Å². The molecule has 0 saturated heterocycles. The van der Waals surface area contributed by atoms with Gasteiger partial charge in [0.05, 0.1) is 11.6 Å². The van der Waals surface area contributed by atoms with Gasteiger partial charge in [0, 0.05) is 18.1 Å². The summed E-state index contributed by atoms with van der Waals surface area (Å²) < 4.78 is 50.0. The average Bonchev–Trinajstić information content (AvgIpc) is 2.26. The van der Waals surface area contributed by atoms with Crippen LogP contribution in [0.15, 0.2) is 23.1 Å². The number of alkyl halides is 1. The van der Waals surface area contributed by atoms with Crippen molar-refractivity contribution in [3.05, 3.63) is 29.6 Å². The zero-order valence-corrected chi connectivity index (χ0v) is 11.9. The van der Waals surface area contributed by atoms with Crippen LogP contribution in [0.1, 0.15) is 25.8 Å². The SMILES string of the molecule is CC(=O)CC(C)(CF)c1cc(F)ccc1S(C)(=O)=O. The second kappa shape index (κ2) is 5.36. The Kier molecular flexibility index (Phi) is 4.45. The molecule has 0 aliphatic carbocycles. The van der Waals surface area contributed by atoms with Gasteiger partial charge in [0.15, 0.2) is 9.84 Å². The van der Waals surface area contributed by atoms with Crippen molar-refractivity contribution in [3.63, 3.8) is 0 Å². The van der Waals surface area contributed by atoms with Gasteiger partial charge in [0.1, 0.15) is 11.6 Å². The van der Waals surface area contributed by atoms with Crippen LogP contribution in [0.4, 0.5) is 8.78 Å². The van der Waals surface area contributed by atoms with E-state index in [1.807, 2.05) is 0 Å². The monoisotopic (exact) mass is 290 g/mol. The molecule has 0 heterocycles. The number of hydrogen-bond acceptors (Lipinski definition) is 3. The molecule has 1 aromatic rings. The third-order valence-electron chi connectivity index (χ3n) is 2.93. The van der Waals surface area contributed by atoms with Crippen molar-refractivity contribution in [1.82, 2.24) is 0 Å². The first-order valence-corrected chi connectivity index (χ1v) is 7.55. The van der Waals surface area contributed by atoms with Crippen molar-refractivity contribution in [2.75, 3.05) is 12.9 Å². The fourth-order valence-electron chi connectivity index (χ4n) is 2.06. The molecule has 0 saturated carbocycles. The predicted molar refractivity (Wildman–Crippen MR) is 68.1 cm³/mol. The van der Waals surface area contributed by atoms with E-state index in [4.69, 9.17) is 0 Å². The van der Waals surface area contributed by atoms with E-state index in [2.05, 4.69) is 0 Å². The molecule has 106 valence electrons. The standard InChI is InChI=1S/C13H16F2O3S/c1-9(16)7-13(2,8-14)11-6-10(15)4-5-12(11)19(3,17)18/h4-6H,7-8H2,1-3H3. The fourth-order valence-corrected chi connectivity index (χ4v) is 3.08. The van der Waals surface area contributed by atoms with Gasteiger partial charge in [0.2, 0.25) is 0 Å². The van der Waals surface area contributed by atoms with Crippen LogP contribution in [0.3, 0.4) is 0 Å². The molecule has 1 aromatic carbocycles. The van der Waals surface area contributed by atoms with Crippen LogP contribution in [0.5, 0.6) is 0 Å². The molecule has 0 bridgehead atoms. The van der Waals surface area contributed by atoms with Crippen LogP contribution < -0.4 is 0 Å². The Morgan fingerprint density at radius 1 is 1.37 bits per heavy atom. The Morgan fingerprint density at radius 2 is 1.95 bits per heavy atom. The van der Waals surface area contributed by atoms with E-state index >= 15 is 0 Å². The van der Waals surface area contributed by atoms with E-state index in [0.717, 1.165) is 24.5 Å². The summed E-state index contributed by atoms with van der Waals surface area (Å²) >= 11 is 0. The minimum atomic E-state index is -3.62. The molecule has 0 aliphatic rings. The lowest BCUT2D eigenvalue weighted by Crippen LogP contribution is -2.29. The lowest BCUT2D eigenvalue weighted by atomic mass is 9.79. The number of carbonyl (C=O) groups excluding carboxylic acids is 1. The quantitative estimate of drug-likeness (QED) is 0.783. The molecule has 0 aliphatic heterocycles. The lowest BCUT2D eigenvalue weighted by molar-refractivity contribution is -0.118. The smallest absolute Gasteiger partial charge is 0.175 e. The largest absolute Gasteiger partial charge is 0.300 e. The van der Waals surface area contributed by atoms with E-state index in [-0.39, 0.29) is 22.7 Å². The predicted octanol–water partition coefficient (Wildman–Crippen LogP) is 2.44. The Morgan fingerprint density at radius 3 is 2.37 bits per heavy atom. The molecular weight excluding hydrogens is 274 g/mol. The summed E-state index contributed by atoms with van der Waals surface area (Å²) in [5, 5.41) is 0. The van der Waals surface area contributed by atoms with Crippen molar-refractivity contribution in [2.24, 2.45) is 0 Å². The number of sulfone groups is 1. The molecule has 0 fully saturated rings. The first-order valence-electron chi connectivity index (χ1n) is 5.65. The number of ketones is 1. The van der Waals surface area contributed by atoms with Gasteiger partial charge in [-0.2, -0.15) is 0 Å². The molecule has 6 heteroatoms. The van der Waals surface area contributed by atoms with Crippen LogP contribution in [0.25, 0.3) is 0 Å². The summed E-state index contributed by atoms with van der Waals surface area (Å²) in [6, 6.07) is 3.10. The maximum absolute atomic E-state index is 13.3. The molecular formula is C13H16F2O3S. The normalized spacial score (nSPS) is 15.0. The van der Waals surface area contributed by atoms with Gasteiger partial charge in [-0.15, -0.1) is 0 Å². The van der Waals surface area contributed by atoms with E-state index in [1.54, 1.807) is 0 Å². The molecule has 0 radical (unpaired) electrons. The van der Waals surface area contributed by atoms with Crippen molar-refractivity contribution in [2.45, 2.75) is 30.6 Å². The highest BCUT2D eigenvalue weighted by molar-refractivity contribution is 7.90. The number of carbonyl (C=O) groups is 1. The highest BCUT2D eigenvalue weighted by Crippen LogP contribution is 2.34. The number of rotatable bonds is 5. The number of halogens is 2. The molecule has 3 nitrogen and oxygen atoms in total. The van der Waals surface area contributed by atoms with Crippen molar-refractivity contribution >= 4 is 15.6 Å². The lowest BCUT2D eigenvalue weighted by Gasteiger charge is -2.27. The number of benzene rings is 1. The van der Waals surface area contributed by atoms with Crippen molar-refractivity contribution in [3.8, 4) is 0 Å². The Balaban J connectivity index is 3.54. The number of Topliss-reactive ketones (excluding diaryl/α,β-unsaturated/α-hetero) is 1. The third-order valence-corrected chi connectivity index (χ3v) is 4.08. The molecule has 1 rings (SSSR count). The van der Waals surface area contributed by atoms with Gasteiger partial charge in [-0.05, 0) is 30.7 Å².